The molecule has 24 heavy (non-hydrogen) atoms. The van der Waals surface area contributed by atoms with E-state index in [0.717, 1.165) is 12.0 Å². The number of hydrogen-bond donors (Lipinski definition) is 2. The van der Waals surface area contributed by atoms with Crippen LogP contribution in [0.15, 0.2) is 48.5 Å². The second-order valence-electron chi connectivity index (χ2n) is 5.73. The summed E-state index contributed by atoms with van der Waals surface area (Å²) in [6.07, 6.45) is 1.03. The van der Waals surface area contributed by atoms with Crippen LogP contribution >= 0.6 is 0 Å². The van der Waals surface area contributed by atoms with Gasteiger partial charge in [0.2, 0.25) is 11.8 Å². The number of benzene rings is 2. The molecule has 3 rings (SSSR count). The van der Waals surface area contributed by atoms with Crippen molar-refractivity contribution in [1.82, 2.24) is 0 Å². The van der Waals surface area contributed by atoms with E-state index in [1.807, 2.05) is 49.4 Å². The summed E-state index contributed by atoms with van der Waals surface area (Å²) in [5.74, 6) is -0.218. The van der Waals surface area contributed by atoms with Gasteiger partial charge in [0.1, 0.15) is 5.75 Å². The van der Waals surface area contributed by atoms with Gasteiger partial charge in [0.25, 0.3) is 0 Å². The molecule has 1 heterocycles. The van der Waals surface area contributed by atoms with Gasteiger partial charge in [-0.15, -0.1) is 0 Å². The third kappa shape index (κ3) is 3.40. The molecule has 0 aliphatic carbocycles. The Labute approximate surface area is 141 Å². The third-order valence-electron chi connectivity index (χ3n) is 3.92. The Morgan fingerprint density at radius 1 is 1.21 bits per heavy atom. The lowest BCUT2D eigenvalue weighted by Crippen LogP contribution is -2.30. The number of anilines is 2. The summed E-state index contributed by atoms with van der Waals surface area (Å²) in [5, 5.41) is 5.71. The van der Waals surface area contributed by atoms with Gasteiger partial charge in [-0.2, -0.15) is 0 Å². The number of ether oxygens (including phenoxy) is 1. The molecule has 0 saturated heterocycles. The van der Waals surface area contributed by atoms with Gasteiger partial charge < -0.3 is 15.4 Å². The summed E-state index contributed by atoms with van der Waals surface area (Å²) in [6.45, 7) is 2.61. The van der Waals surface area contributed by atoms with Crippen LogP contribution in [0.4, 0.5) is 11.4 Å². The number of hydrogen-bond acceptors (Lipinski definition) is 3. The van der Waals surface area contributed by atoms with Gasteiger partial charge in [-0.05, 0) is 30.2 Å². The number of nitrogens with one attached hydrogen (secondary N) is 2. The molecule has 0 fully saturated rings. The van der Waals surface area contributed by atoms with Crippen molar-refractivity contribution in [2.24, 2.45) is 0 Å². The molecular formula is C19H20N2O3. The molecule has 1 aliphatic heterocycles. The third-order valence-corrected chi connectivity index (χ3v) is 3.92. The predicted octanol–water partition coefficient (Wildman–Crippen LogP) is 3.54. The Bertz CT molecular complexity index is 758. The minimum Gasteiger partial charge on any atom is -0.491 e. The molecule has 2 N–H and O–H groups in total. The van der Waals surface area contributed by atoms with Gasteiger partial charge in [0.15, 0.2) is 0 Å². The lowest BCUT2D eigenvalue weighted by molar-refractivity contribution is -0.123. The molecule has 124 valence electrons. The quantitative estimate of drug-likeness (QED) is 0.884. The Balaban J connectivity index is 1.82. The second kappa shape index (κ2) is 7.17. The van der Waals surface area contributed by atoms with Crippen LogP contribution in [0.25, 0.3) is 0 Å². The summed E-state index contributed by atoms with van der Waals surface area (Å²) in [5.41, 5.74) is 2.16. The van der Waals surface area contributed by atoms with Crippen LogP contribution in [0.1, 0.15) is 31.2 Å². The monoisotopic (exact) mass is 324 g/mol. The van der Waals surface area contributed by atoms with Crippen LogP contribution in [0.3, 0.4) is 0 Å². The average Bonchev–Trinajstić information content (AvgIpc) is 2.60. The number of para-hydroxylation sites is 3. The van der Waals surface area contributed by atoms with E-state index in [9.17, 15) is 9.59 Å². The van der Waals surface area contributed by atoms with Crippen LogP contribution in [-0.2, 0) is 9.59 Å². The zero-order chi connectivity index (χ0) is 16.9. The van der Waals surface area contributed by atoms with Gasteiger partial charge >= 0.3 is 0 Å². The van der Waals surface area contributed by atoms with Crippen molar-refractivity contribution in [1.29, 1.82) is 0 Å². The summed E-state index contributed by atoms with van der Waals surface area (Å²) in [7, 11) is 0. The minimum atomic E-state index is -0.505. The van der Waals surface area contributed by atoms with E-state index in [1.165, 1.54) is 0 Å². The van der Waals surface area contributed by atoms with E-state index >= 15 is 0 Å². The first kappa shape index (κ1) is 16.1. The van der Waals surface area contributed by atoms with Gasteiger partial charge in [-0.1, -0.05) is 37.3 Å². The number of carbonyl (C=O) groups excluding carboxylic acids is 2. The molecule has 0 spiro atoms. The van der Waals surface area contributed by atoms with E-state index in [2.05, 4.69) is 10.6 Å². The van der Waals surface area contributed by atoms with Gasteiger partial charge in [-0.3, -0.25) is 9.59 Å². The molecule has 2 aromatic carbocycles. The normalized spacial score (nSPS) is 16.0. The zero-order valence-electron chi connectivity index (χ0n) is 13.5. The van der Waals surface area contributed by atoms with Crippen molar-refractivity contribution in [3.63, 3.8) is 0 Å². The fraction of sp³-hybridized carbons (Fsp3) is 0.263. The standard InChI is InChI=1S/C19H20N2O3/c1-2-11-24-17-10-6-5-9-16(17)21-19(23)14-12-18(22)20-15-8-4-3-7-13(14)15/h3-10,14H,2,11-12H2,1H3,(H,20,22)(H,21,23). The SMILES string of the molecule is CCCOc1ccccc1NC(=O)C1CC(=O)Nc2ccccc21. The number of amides is 2. The predicted molar refractivity (Wildman–Crippen MR) is 93.3 cm³/mol. The smallest absolute Gasteiger partial charge is 0.232 e. The van der Waals surface area contributed by atoms with E-state index < -0.39 is 5.92 Å². The van der Waals surface area contributed by atoms with Crippen molar-refractivity contribution in [3.05, 3.63) is 54.1 Å². The highest BCUT2D eigenvalue weighted by molar-refractivity contribution is 6.05. The maximum absolute atomic E-state index is 12.8. The molecule has 0 bridgehead atoms. The first-order chi connectivity index (χ1) is 11.7. The van der Waals surface area contributed by atoms with Gasteiger partial charge in [0, 0.05) is 12.1 Å². The van der Waals surface area contributed by atoms with Crippen molar-refractivity contribution < 1.29 is 14.3 Å². The average molecular weight is 324 g/mol. The fourth-order valence-corrected chi connectivity index (χ4v) is 2.77. The Morgan fingerprint density at radius 2 is 1.96 bits per heavy atom. The molecule has 5 heteroatoms. The zero-order valence-corrected chi connectivity index (χ0v) is 13.5. The molecule has 2 amide bonds. The molecule has 1 unspecified atom stereocenters. The van der Waals surface area contributed by atoms with Crippen molar-refractivity contribution in [2.45, 2.75) is 25.7 Å². The topological polar surface area (TPSA) is 67.4 Å². The second-order valence-corrected chi connectivity index (χ2v) is 5.73. The highest BCUT2D eigenvalue weighted by Crippen LogP contribution is 2.34. The van der Waals surface area contributed by atoms with E-state index in [1.54, 1.807) is 6.07 Å². The minimum absolute atomic E-state index is 0.140. The van der Waals surface area contributed by atoms with E-state index in [0.29, 0.717) is 23.7 Å². The summed E-state index contributed by atoms with van der Waals surface area (Å²) in [4.78, 5) is 24.6. The summed E-state index contributed by atoms with van der Waals surface area (Å²) >= 11 is 0. The molecule has 5 nitrogen and oxygen atoms in total. The first-order valence-electron chi connectivity index (χ1n) is 8.10. The Kier molecular flexibility index (Phi) is 4.79. The van der Waals surface area contributed by atoms with Crippen molar-refractivity contribution in [2.75, 3.05) is 17.2 Å². The van der Waals surface area contributed by atoms with Gasteiger partial charge in [-0.25, -0.2) is 0 Å². The first-order valence-corrected chi connectivity index (χ1v) is 8.10. The van der Waals surface area contributed by atoms with Crippen LogP contribution < -0.4 is 15.4 Å². The van der Waals surface area contributed by atoms with Crippen molar-refractivity contribution in [3.8, 4) is 5.75 Å². The molecule has 0 aromatic heterocycles. The maximum Gasteiger partial charge on any atom is 0.232 e. The van der Waals surface area contributed by atoms with Crippen LogP contribution in [-0.4, -0.2) is 18.4 Å². The Hall–Kier alpha value is -2.82. The number of rotatable bonds is 5. The van der Waals surface area contributed by atoms with Gasteiger partial charge in [0.05, 0.1) is 18.2 Å². The van der Waals surface area contributed by atoms with Crippen molar-refractivity contribution >= 4 is 23.2 Å². The molecule has 1 aliphatic rings. The summed E-state index contributed by atoms with van der Waals surface area (Å²) < 4.78 is 5.67. The van der Waals surface area contributed by atoms with Crippen LogP contribution in [0.5, 0.6) is 5.75 Å². The molecule has 2 aromatic rings. The fourth-order valence-electron chi connectivity index (χ4n) is 2.77. The highest BCUT2D eigenvalue weighted by atomic mass is 16.5. The lowest BCUT2D eigenvalue weighted by atomic mass is 9.90. The largest absolute Gasteiger partial charge is 0.491 e. The summed E-state index contributed by atoms with van der Waals surface area (Å²) in [6, 6.07) is 14.7. The molecule has 1 atom stereocenters. The number of fused-ring (bicyclic) bond motifs is 1. The maximum atomic E-state index is 12.8. The molecule has 0 saturated carbocycles. The molecule has 0 radical (unpaired) electrons. The highest BCUT2D eigenvalue weighted by Gasteiger charge is 2.30. The van der Waals surface area contributed by atoms with Crippen LogP contribution in [0.2, 0.25) is 0 Å². The van der Waals surface area contributed by atoms with Crippen LogP contribution in [0, 0.1) is 0 Å². The number of carbonyl (C=O) groups is 2. The Morgan fingerprint density at radius 3 is 2.79 bits per heavy atom. The van der Waals surface area contributed by atoms with E-state index in [-0.39, 0.29) is 18.2 Å². The van der Waals surface area contributed by atoms with E-state index in [4.69, 9.17) is 4.74 Å². The lowest BCUT2D eigenvalue weighted by Gasteiger charge is -2.25. The molecular weight excluding hydrogens is 304 g/mol.